The van der Waals surface area contributed by atoms with Crippen molar-refractivity contribution in [2.45, 2.75) is 31.3 Å². The summed E-state index contributed by atoms with van der Waals surface area (Å²) in [6, 6.07) is 10.5. The molecule has 6 nitrogen and oxygen atoms in total. The van der Waals surface area contributed by atoms with Crippen molar-refractivity contribution in [2.75, 3.05) is 31.5 Å². The first-order valence-corrected chi connectivity index (χ1v) is 9.25. The van der Waals surface area contributed by atoms with E-state index in [1.165, 1.54) is 5.39 Å². The van der Waals surface area contributed by atoms with Crippen LogP contribution in [0.2, 0.25) is 0 Å². The zero-order valence-electron chi connectivity index (χ0n) is 14.8. The third kappa shape index (κ3) is 3.35. The average molecular weight is 349 g/mol. The summed E-state index contributed by atoms with van der Waals surface area (Å²) in [5.41, 5.74) is 1.05. The van der Waals surface area contributed by atoms with Gasteiger partial charge in [0.05, 0.1) is 24.5 Å². The van der Waals surface area contributed by atoms with E-state index in [1.54, 1.807) is 4.90 Å². The first-order valence-electron chi connectivity index (χ1n) is 9.25. The van der Waals surface area contributed by atoms with Crippen LogP contribution in [0.25, 0.3) is 10.8 Å². The minimum atomic E-state index is -0.235. The minimum absolute atomic E-state index is 0.0847. The molecule has 0 bridgehead atoms. The molecule has 134 valence electrons. The molecule has 0 spiro atoms. The highest BCUT2D eigenvalue weighted by Gasteiger charge is 2.31. The van der Waals surface area contributed by atoms with Crippen LogP contribution in [-0.2, 0) is 4.79 Å². The Morgan fingerprint density at radius 2 is 2.15 bits per heavy atom. The predicted octanol–water partition coefficient (Wildman–Crippen LogP) is 2.24. The Morgan fingerprint density at radius 1 is 1.27 bits per heavy atom. The third-order valence-corrected chi connectivity index (χ3v) is 5.38. The summed E-state index contributed by atoms with van der Waals surface area (Å²) in [6.07, 6.45) is 6.49. The Morgan fingerprint density at radius 3 is 3.04 bits per heavy atom. The first-order chi connectivity index (χ1) is 12.7. The maximum atomic E-state index is 12.5. The van der Waals surface area contributed by atoms with E-state index in [0.29, 0.717) is 19.1 Å². The quantitative estimate of drug-likeness (QED) is 0.916. The van der Waals surface area contributed by atoms with Gasteiger partial charge in [-0.2, -0.15) is 5.26 Å². The number of hydrogen-bond acceptors (Lipinski definition) is 5. The summed E-state index contributed by atoms with van der Waals surface area (Å²) >= 11 is 0. The van der Waals surface area contributed by atoms with E-state index in [0.717, 1.165) is 43.4 Å². The number of pyridine rings is 1. The van der Waals surface area contributed by atoms with E-state index >= 15 is 0 Å². The summed E-state index contributed by atoms with van der Waals surface area (Å²) in [4.78, 5) is 20.8. The molecule has 0 saturated carbocycles. The molecule has 1 N–H and O–H groups in total. The van der Waals surface area contributed by atoms with Gasteiger partial charge in [-0.1, -0.05) is 24.3 Å². The number of anilines is 1. The van der Waals surface area contributed by atoms with E-state index in [1.807, 2.05) is 24.5 Å². The molecular formula is C20H23N5O. The fourth-order valence-electron chi connectivity index (χ4n) is 4.03. The second-order valence-corrected chi connectivity index (χ2v) is 7.15. The molecule has 26 heavy (non-hydrogen) atoms. The predicted molar refractivity (Wildman–Crippen MR) is 101 cm³/mol. The van der Waals surface area contributed by atoms with Crippen molar-refractivity contribution in [1.29, 1.82) is 5.26 Å². The molecule has 1 amide bonds. The van der Waals surface area contributed by atoms with Gasteiger partial charge in [-0.15, -0.1) is 0 Å². The summed E-state index contributed by atoms with van der Waals surface area (Å²) < 4.78 is 0. The molecule has 2 unspecified atom stereocenters. The van der Waals surface area contributed by atoms with Gasteiger partial charge in [0, 0.05) is 42.6 Å². The number of nitrogens with zero attached hydrogens (tertiary/aromatic N) is 4. The van der Waals surface area contributed by atoms with Crippen molar-refractivity contribution in [1.82, 2.24) is 14.8 Å². The number of nitriles is 1. The summed E-state index contributed by atoms with van der Waals surface area (Å²) in [7, 11) is 0. The maximum Gasteiger partial charge on any atom is 0.237 e. The van der Waals surface area contributed by atoms with Gasteiger partial charge in [0.2, 0.25) is 5.91 Å². The normalized spacial score (nSPS) is 23.3. The van der Waals surface area contributed by atoms with Crippen LogP contribution in [0.15, 0.2) is 36.7 Å². The average Bonchev–Trinajstić information content (AvgIpc) is 3.31. The third-order valence-electron chi connectivity index (χ3n) is 5.38. The fraction of sp³-hybridized carbons (Fsp3) is 0.450. The largest absolute Gasteiger partial charge is 0.379 e. The summed E-state index contributed by atoms with van der Waals surface area (Å²) in [5, 5.41) is 15.1. The molecule has 2 aromatic rings. The number of carbonyl (C=O) groups excluding carboxylic acids is 1. The Kier molecular flexibility index (Phi) is 4.72. The zero-order valence-corrected chi connectivity index (χ0v) is 14.8. The van der Waals surface area contributed by atoms with Gasteiger partial charge in [-0.3, -0.25) is 14.7 Å². The molecule has 0 radical (unpaired) electrons. The van der Waals surface area contributed by atoms with Gasteiger partial charge < -0.3 is 10.2 Å². The topological polar surface area (TPSA) is 72.3 Å². The highest BCUT2D eigenvalue weighted by Crippen LogP contribution is 2.24. The number of carbonyl (C=O) groups is 1. The maximum absolute atomic E-state index is 12.5. The highest BCUT2D eigenvalue weighted by atomic mass is 16.2. The van der Waals surface area contributed by atoms with Crippen molar-refractivity contribution in [3.63, 3.8) is 0 Å². The van der Waals surface area contributed by atoms with Gasteiger partial charge in [-0.25, -0.2) is 0 Å². The first kappa shape index (κ1) is 16.8. The van der Waals surface area contributed by atoms with Crippen LogP contribution < -0.4 is 5.32 Å². The van der Waals surface area contributed by atoms with E-state index in [9.17, 15) is 4.79 Å². The van der Waals surface area contributed by atoms with Crippen LogP contribution in [0, 0.1) is 11.3 Å². The molecule has 1 aromatic carbocycles. The molecule has 2 fully saturated rings. The number of hydrogen-bond donors (Lipinski definition) is 1. The molecular weight excluding hydrogens is 326 g/mol. The summed E-state index contributed by atoms with van der Waals surface area (Å²) in [5.74, 6) is 0.0847. The number of rotatable bonds is 4. The van der Waals surface area contributed by atoms with E-state index in [4.69, 9.17) is 5.26 Å². The zero-order chi connectivity index (χ0) is 17.9. The van der Waals surface area contributed by atoms with Crippen LogP contribution in [0.5, 0.6) is 0 Å². The Balaban J connectivity index is 1.37. The van der Waals surface area contributed by atoms with Crippen LogP contribution in [-0.4, -0.2) is 59.0 Å². The van der Waals surface area contributed by atoms with Crippen LogP contribution in [0.4, 0.5) is 5.69 Å². The highest BCUT2D eigenvalue weighted by molar-refractivity contribution is 5.92. The molecule has 2 saturated heterocycles. The van der Waals surface area contributed by atoms with Crippen molar-refractivity contribution in [3.05, 3.63) is 36.7 Å². The Bertz CT molecular complexity index is 840. The van der Waals surface area contributed by atoms with E-state index < -0.39 is 0 Å². The SMILES string of the molecule is N#CC1CCCN1C(=O)CN1CCC(Nc2cncc3ccccc23)C1. The fourth-order valence-corrected chi connectivity index (χ4v) is 4.03. The second kappa shape index (κ2) is 7.30. The lowest BCUT2D eigenvalue weighted by molar-refractivity contribution is -0.132. The van der Waals surface area contributed by atoms with Gasteiger partial charge in [0.1, 0.15) is 6.04 Å². The number of nitrogens with one attached hydrogen (secondary N) is 1. The summed E-state index contributed by atoms with van der Waals surface area (Å²) in [6.45, 7) is 2.85. The number of fused-ring (bicyclic) bond motifs is 1. The number of amides is 1. The van der Waals surface area contributed by atoms with Gasteiger partial charge in [0.25, 0.3) is 0 Å². The van der Waals surface area contributed by atoms with E-state index in [-0.39, 0.29) is 11.9 Å². The lowest BCUT2D eigenvalue weighted by Crippen LogP contribution is -2.42. The standard InChI is InChI=1S/C20H23N5O/c21-10-17-5-3-8-25(17)20(26)14-24-9-7-16(13-24)23-19-12-22-11-15-4-1-2-6-18(15)19/h1-2,4,6,11-12,16-17,23H,3,5,7-9,13-14H2. The second-order valence-electron chi connectivity index (χ2n) is 7.15. The molecule has 3 heterocycles. The van der Waals surface area contributed by atoms with Crippen LogP contribution in [0.1, 0.15) is 19.3 Å². The van der Waals surface area contributed by atoms with E-state index in [2.05, 4.69) is 33.4 Å². The Labute approximate surface area is 153 Å². The van der Waals surface area contributed by atoms with Gasteiger partial charge in [-0.05, 0) is 19.3 Å². The lowest BCUT2D eigenvalue weighted by Gasteiger charge is -2.23. The molecule has 1 aromatic heterocycles. The molecule has 4 rings (SSSR count). The minimum Gasteiger partial charge on any atom is -0.379 e. The van der Waals surface area contributed by atoms with Crippen LogP contribution in [0.3, 0.4) is 0 Å². The van der Waals surface area contributed by atoms with Crippen molar-refractivity contribution >= 4 is 22.4 Å². The molecule has 2 atom stereocenters. The number of likely N-dealkylation sites (tertiary alicyclic amines) is 2. The lowest BCUT2D eigenvalue weighted by atomic mass is 10.1. The monoisotopic (exact) mass is 349 g/mol. The van der Waals surface area contributed by atoms with Gasteiger partial charge >= 0.3 is 0 Å². The number of benzene rings is 1. The van der Waals surface area contributed by atoms with Crippen molar-refractivity contribution < 1.29 is 4.79 Å². The smallest absolute Gasteiger partial charge is 0.237 e. The van der Waals surface area contributed by atoms with Crippen molar-refractivity contribution in [2.24, 2.45) is 0 Å². The molecule has 2 aliphatic rings. The van der Waals surface area contributed by atoms with Crippen LogP contribution >= 0.6 is 0 Å². The van der Waals surface area contributed by atoms with Gasteiger partial charge in [0.15, 0.2) is 0 Å². The molecule has 6 heteroatoms. The number of aromatic nitrogens is 1. The Hall–Kier alpha value is -2.65. The molecule has 2 aliphatic heterocycles. The van der Waals surface area contributed by atoms with Crippen molar-refractivity contribution in [3.8, 4) is 6.07 Å². The molecule has 0 aliphatic carbocycles.